The lowest BCUT2D eigenvalue weighted by atomic mass is 10.00. The maximum Gasteiger partial charge on any atom is 0.158 e. The molecule has 1 aliphatic rings. The summed E-state index contributed by atoms with van der Waals surface area (Å²) < 4.78 is 6.49. The van der Waals surface area contributed by atoms with Gasteiger partial charge in [0.1, 0.15) is 0 Å². The number of fused-ring (bicyclic) bond motifs is 2. The Morgan fingerprint density at radius 1 is 0.462 bits per heavy atom. The van der Waals surface area contributed by atoms with Crippen molar-refractivity contribution >= 4 is 11.4 Å². The van der Waals surface area contributed by atoms with E-state index in [0.29, 0.717) is 0 Å². The summed E-state index contributed by atoms with van der Waals surface area (Å²) in [5, 5.41) is 3.54. The second kappa shape index (κ2) is 6.08. The Kier molecular flexibility index (Phi) is 3.46. The van der Waals surface area contributed by atoms with Crippen molar-refractivity contribution in [1.82, 2.24) is 0 Å². The summed E-state index contributed by atoms with van der Waals surface area (Å²) in [4.78, 5) is 0. The summed E-state index contributed by atoms with van der Waals surface area (Å²) in [6.07, 6.45) is 0. The van der Waals surface area contributed by atoms with E-state index in [4.69, 9.17) is 4.74 Å². The fraction of sp³-hybridized carbons (Fsp3) is 0. The number of benzene rings is 4. The first-order valence-corrected chi connectivity index (χ1v) is 8.72. The molecule has 0 saturated heterocycles. The largest absolute Gasteiger partial charge is 0.452 e. The molecule has 0 amide bonds. The molecule has 2 nitrogen and oxygen atoms in total. The van der Waals surface area contributed by atoms with Crippen molar-refractivity contribution in [1.29, 1.82) is 0 Å². The van der Waals surface area contributed by atoms with Gasteiger partial charge in [-0.25, -0.2) is 0 Å². The molecule has 2 heteroatoms. The molecule has 0 aromatic heterocycles. The zero-order valence-electron chi connectivity index (χ0n) is 14.1. The molecule has 5 rings (SSSR count). The van der Waals surface area contributed by atoms with Gasteiger partial charge in [0, 0.05) is 11.1 Å². The standard InChI is InChI=1S/C24H17NO/c1-3-9-17(10-4-1)19-13-7-15-21-23(19)26-24-20(14-8-16-22(24)25-21)18-11-5-2-6-12-18/h1-16,25H. The van der Waals surface area contributed by atoms with Crippen LogP contribution in [0.3, 0.4) is 0 Å². The van der Waals surface area contributed by atoms with E-state index in [9.17, 15) is 0 Å². The molecule has 0 aliphatic carbocycles. The number of nitrogens with one attached hydrogen (secondary N) is 1. The minimum Gasteiger partial charge on any atom is -0.452 e. The van der Waals surface area contributed by atoms with Crippen LogP contribution in [0.25, 0.3) is 22.3 Å². The lowest BCUT2D eigenvalue weighted by Crippen LogP contribution is -2.05. The first kappa shape index (κ1) is 14.8. The molecule has 0 radical (unpaired) electrons. The Bertz CT molecular complexity index is 985. The fourth-order valence-corrected chi connectivity index (χ4v) is 3.43. The van der Waals surface area contributed by atoms with Gasteiger partial charge in [-0.1, -0.05) is 84.9 Å². The van der Waals surface area contributed by atoms with E-state index >= 15 is 0 Å². The minimum absolute atomic E-state index is 0.870. The summed E-state index contributed by atoms with van der Waals surface area (Å²) in [5.74, 6) is 1.74. The van der Waals surface area contributed by atoms with Crippen molar-refractivity contribution in [3.63, 3.8) is 0 Å². The molecule has 0 saturated carbocycles. The average molecular weight is 335 g/mol. The number of rotatable bonds is 2. The molecule has 0 unspecified atom stereocenters. The van der Waals surface area contributed by atoms with Crippen molar-refractivity contribution in [2.75, 3.05) is 5.32 Å². The van der Waals surface area contributed by atoms with E-state index in [1.54, 1.807) is 0 Å². The second-order valence-corrected chi connectivity index (χ2v) is 6.32. The van der Waals surface area contributed by atoms with E-state index in [0.717, 1.165) is 45.1 Å². The minimum atomic E-state index is 0.870. The van der Waals surface area contributed by atoms with Crippen molar-refractivity contribution in [3.05, 3.63) is 97.1 Å². The van der Waals surface area contributed by atoms with Gasteiger partial charge in [-0.3, -0.25) is 0 Å². The lowest BCUT2D eigenvalue weighted by Gasteiger charge is -2.26. The molecule has 0 bridgehead atoms. The zero-order chi connectivity index (χ0) is 17.3. The fourth-order valence-electron chi connectivity index (χ4n) is 3.43. The van der Waals surface area contributed by atoms with Crippen LogP contribution in [-0.4, -0.2) is 0 Å². The maximum atomic E-state index is 6.49. The van der Waals surface area contributed by atoms with Gasteiger partial charge >= 0.3 is 0 Å². The van der Waals surface area contributed by atoms with Gasteiger partial charge in [-0.2, -0.15) is 0 Å². The predicted molar refractivity (Wildman–Crippen MR) is 107 cm³/mol. The summed E-state index contributed by atoms with van der Waals surface area (Å²) in [6.45, 7) is 0. The van der Waals surface area contributed by atoms with Crippen LogP contribution in [0.15, 0.2) is 97.1 Å². The van der Waals surface area contributed by atoms with Gasteiger partial charge in [0.15, 0.2) is 11.5 Å². The molecule has 0 atom stereocenters. The molecule has 1 heterocycles. The topological polar surface area (TPSA) is 21.3 Å². The first-order chi connectivity index (χ1) is 12.9. The molecule has 1 aliphatic heterocycles. The lowest BCUT2D eigenvalue weighted by molar-refractivity contribution is 0.485. The highest BCUT2D eigenvalue weighted by molar-refractivity contribution is 5.89. The van der Waals surface area contributed by atoms with E-state index in [1.165, 1.54) is 0 Å². The quantitative estimate of drug-likeness (QED) is 0.380. The average Bonchev–Trinajstić information content (AvgIpc) is 2.72. The molecule has 0 fully saturated rings. The summed E-state index contributed by atoms with van der Waals surface area (Å²) in [7, 11) is 0. The molecule has 4 aromatic rings. The van der Waals surface area contributed by atoms with Crippen LogP contribution in [0.1, 0.15) is 0 Å². The summed E-state index contributed by atoms with van der Waals surface area (Å²) in [6, 6.07) is 33.1. The van der Waals surface area contributed by atoms with E-state index in [2.05, 4.69) is 66.0 Å². The smallest absolute Gasteiger partial charge is 0.158 e. The van der Waals surface area contributed by atoms with Crippen molar-refractivity contribution in [3.8, 4) is 33.8 Å². The second-order valence-electron chi connectivity index (χ2n) is 6.32. The van der Waals surface area contributed by atoms with E-state index in [-0.39, 0.29) is 0 Å². The predicted octanol–water partition coefficient (Wildman–Crippen LogP) is 6.87. The Hall–Kier alpha value is -3.52. The molecule has 4 aromatic carbocycles. The maximum absolute atomic E-state index is 6.49. The summed E-state index contributed by atoms with van der Waals surface area (Å²) >= 11 is 0. The van der Waals surface area contributed by atoms with Gasteiger partial charge in [-0.05, 0) is 23.3 Å². The van der Waals surface area contributed by atoms with Crippen molar-refractivity contribution in [2.24, 2.45) is 0 Å². The number of anilines is 2. The van der Waals surface area contributed by atoms with E-state index < -0.39 is 0 Å². The van der Waals surface area contributed by atoms with E-state index in [1.807, 2.05) is 36.4 Å². The number of hydrogen-bond acceptors (Lipinski definition) is 2. The normalized spacial score (nSPS) is 11.7. The molecular weight excluding hydrogens is 318 g/mol. The Balaban J connectivity index is 1.66. The number of para-hydroxylation sites is 2. The van der Waals surface area contributed by atoms with Gasteiger partial charge in [0.05, 0.1) is 11.4 Å². The molecule has 124 valence electrons. The molecule has 1 N–H and O–H groups in total. The molecule has 26 heavy (non-hydrogen) atoms. The highest BCUT2D eigenvalue weighted by Crippen LogP contribution is 2.50. The third kappa shape index (κ3) is 2.44. The Labute approximate surface area is 152 Å². The third-order valence-corrected chi connectivity index (χ3v) is 4.67. The first-order valence-electron chi connectivity index (χ1n) is 8.72. The summed E-state index contributed by atoms with van der Waals surface area (Å²) in [5.41, 5.74) is 6.44. The monoisotopic (exact) mass is 335 g/mol. The van der Waals surface area contributed by atoms with Crippen LogP contribution in [-0.2, 0) is 0 Å². The van der Waals surface area contributed by atoms with Crippen LogP contribution in [0.5, 0.6) is 11.5 Å². The third-order valence-electron chi connectivity index (χ3n) is 4.67. The molecule has 0 spiro atoms. The zero-order valence-corrected chi connectivity index (χ0v) is 14.1. The van der Waals surface area contributed by atoms with Crippen molar-refractivity contribution < 1.29 is 4.74 Å². The van der Waals surface area contributed by atoms with Gasteiger partial charge < -0.3 is 10.1 Å². The highest BCUT2D eigenvalue weighted by Gasteiger charge is 2.22. The van der Waals surface area contributed by atoms with Crippen LogP contribution < -0.4 is 10.1 Å². The van der Waals surface area contributed by atoms with Gasteiger partial charge in [0.2, 0.25) is 0 Å². The number of hydrogen-bond donors (Lipinski definition) is 1. The van der Waals surface area contributed by atoms with Crippen LogP contribution in [0, 0.1) is 0 Å². The van der Waals surface area contributed by atoms with Crippen molar-refractivity contribution in [2.45, 2.75) is 0 Å². The SMILES string of the molecule is c1ccc(-c2cccc3c2Oc2c(cccc2-c2ccccc2)N3)cc1. The van der Waals surface area contributed by atoms with Gasteiger partial charge in [-0.15, -0.1) is 0 Å². The van der Waals surface area contributed by atoms with Crippen LogP contribution >= 0.6 is 0 Å². The Morgan fingerprint density at radius 3 is 1.38 bits per heavy atom. The number of ether oxygens (including phenoxy) is 1. The molecular formula is C24H17NO. The van der Waals surface area contributed by atoms with Gasteiger partial charge in [0.25, 0.3) is 0 Å². The Morgan fingerprint density at radius 2 is 0.923 bits per heavy atom. The highest BCUT2D eigenvalue weighted by atomic mass is 16.5. The van der Waals surface area contributed by atoms with Crippen LogP contribution in [0.2, 0.25) is 0 Å². The van der Waals surface area contributed by atoms with Crippen LogP contribution in [0.4, 0.5) is 11.4 Å².